The fourth-order valence-corrected chi connectivity index (χ4v) is 10.8. The number of phosphoric acid groups is 1. The molecule has 0 rings (SSSR count). The summed E-state index contributed by atoms with van der Waals surface area (Å²) in [5, 5.41) is 3.07. The summed E-state index contributed by atoms with van der Waals surface area (Å²) in [6.45, 7) is 6.87. The zero-order valence-electron chi connectivity index (χ0n) is 57.9. The lowest BCUT2D eigenvalue weighted by atomic mass is 10.0. The number of likely N-dealkylation sites (N-methyl/N-ethyl adjacent to an activating group) is 1. The number of quaternary nitrogens is 1. The fourth-order valence-electron chi connectivity index (χ4n) is 10.1. The number of nitrogens with one attached hydrogen (secondary N) is 1. The first-order chi connectivity index (χ1) is 42.9. The lowest BCUT2D eigenvalue weighted by Crippen LogP contribution is -2.47. The summed E-state index contributed by atoms with van der Waals surface area (Å²) in [5.74, 6) is -0.519. The highest BCUT2D eigenvalue weighted by Crippen LogP contribution is 2.43. The minimum Gasteiger partial charge on any atom is -0.456 e. The summed E-state index contributed by atoms with van der Waals surface area (Å²) in [5.41, 5.74) is 0. The van der Waals surface area contributed by atoms with Crippen LogP contribution in [0.4, 0.5) is 0 Å². The molecule has 0 aromatic carbocycles. The fraction of sp³-hybridized carbons (Fsp3) is 0.718. The van der Waals surface area contributed by atoms with E-state index in [2.05, 4.69) is 135 Å². The van der Waals surface area contributed by atoms with E-state index < -0.39 is 20.0 Å². The van der Waals surface area contributed by atoms with E-state index in [1.807, 2.05) is 33.3 Å². The molecule has 0 aromatic heterocycles. The Hall–Kier alpha value is -3.59. The number of allylic oxidation sites excluding steroid dienone is 19. The molecular formula is C78H138N2O7P+. The minimum absolute atomic E-state index is 0.0324. The Kier molecular flexibility index (Phi) is 63.6. The average molecular weight is 1250 g/mol. The van der Waals surface area contributed by atoms with Gasteiger partial charge in [0.05, 0.1) is 33.8 Å². The van der Waals surface area contributed by atoms with Crippen molar-refractivity contribution in [2.75, 3.05) is 40.9 Å². The molecule has 0 spiro atoms. The van der Waals surface area contributed by atoms with Crippen molar-refractivity contribution in [2.24, 2.45) is 0 Å². The van der Waals surface area contributed by atoms with Crippen LogP contribution >= 0.6 is 7.82 Å². The molecule has 0 aliphatic rings. The Morgan fingerprint density at radius 3 is 1.11 bits per heavy atom. The largest absolute Gasteiger partial charge is 0.472 e. The van der Waals surface area contributed by atoms with Gasteiger partial charge in [-0.3, -0.25) is 18.6 Å². The molecule has 1 amide bonds. The number of carbonyl (C=O) groups excluding carboxylic acids is 2. The molecule has 2 N–H and O–H groups in total. The highest BCUT2D eigenvalue weighted by Gasteiger charge is 2.30. The van der Waals surface area contributed by atoms with Crippen LogP contribution in [0.15, 0.2) is 122 Å². The Labute approximate surface area is 543 Å². The zero-order valence-corrected chi connectivity index (χ0v) is 58.8. The SMILES string of the molecule is CC/C=C\C/C=C\C/C=C\C/C=C\C/C=C\CCCCCCCCCCCC(=O)OC(/C=C/CCCCCCCCCCCC)C(COP(=O)(O)OCC[N+](C)(C)C)NC(=O)CCCCCCCCCCC/C=C\C/C=C\C/C=C\C/C=C\CCCCC. The van der Waals surface area contributed by atoms with Gasteiger partial charge in [0, 0.05) is 12.8 Å². The summed E-state index contributed by atoms with van der Waals surface area (Å²) < 4.78 is 30.8. The second kappa shape index (κ2) is 66.3. The standard InChI is InChI=1S/C78H137N2O7P/c1-7-10-13-16-19-22-25-28-30-32-34-36-38-40-42-44-46-48-50-52-55-58-61-64-67-70-77(81)79-75(74-86-88(83,84)85-73-72-80(4,5)6)76(69-66-63-60-57-54-27-24-21-18-15-12-9-3)87-78(82)71-68-65-62-59-56-53-51-49-47-45-43-41-39-37-35-33-31-29-26-23-20-17-14-11-8-2/h11,14,19-20,22-23,28-31,34-37,40-43,66,69,75-76H,7-10,12-13,15-18,21,24-27,32-33,38-39,44-65,67-68,70-74H2,1-6H3,(H-,79,81,83,84)/p+1/b14-11-,22-19-,23-20-,30-28-,31-29-,36-34-,37-35-,42-40-,43-41-,69-66+. The molecule has 9 nitrogen and oxygen atoms in total. The maximum atomic E-state index is 13.6. The van der Waals surface area contributed by atoms with Crippen LogP contribution in [-0.2, 0) is 27.9 Å². The monoisotopic (exact) mass is 1250 g/mol. The van der Waals surface area contributed by atoms with E-state index in [9.17, 15) is 19.0 Å². The predicted octanol–water partition coefficient (Wildman–Crippen LogP) is 23.4. The number of esters is 1. The first-order valence-corrected chi connectivity index (χ1v) is 37.9. The highest BCUT2D eigenvalue weighted by atomic mass is 31.2. The van der Waals surface area contributed by atoms with E-state index in [0.717, 1.165) is 135 Å². The maximum absolute atomic E-state index is 13.6. The Balaban J connectivity index is 5.09. The molecule has 0 aliphatic heterocycles. The Bertz CT molecular complexity index is 1920. The lowest BCUT2D eigenvalue weighted by molar-refractivity contribution is -0.870. The zero-order chi connectivity index (χ0) is 64.2. The third-order valence-corrected chi connectivity index (χ3v) is 16.6. The van der Waals surface area contributed by atoms with E-state index in [4.69, 9.17) is 13.8 Å². The van der Waals surface area contributed by atoms with Crippen molar-refractivity contribution in [3.05, 3.63) is 122 Å². The van der Waals surface area contributed by atoms with E-state index in [0.29, 0.717) is 17.4 Å². The van der Waals surface area contributed by atoms with Crippen LogP contribution in [0.3, 0.4) is 0 Å². The quantitative estimate of drug-likeness (QED) is 0.0205. The van der Waals surface area contributed by atoms with Crippen molar-refractivity contribution in [1.82, 2.24) is 5.32 Å². The second-order valence-corrected chi connectivity index (χ2v) is 26.8. The van der Waals surface area contributed by atoms with Gasteiger partial charge < -0.3 is 19.4 Å². The smallest absolute Gasteiger partial charge is 0.456 e. The minimum atomic E-state index is -4.47. The topological polar surface area (TPSA) is 111 Å². The van der Waals surface area contributed by atoms with Crippen molar-refractivity contribution < 1.29 is 37.3 Å². The van der Waals surface area contributed by atoms with Crippen LogP contribution in [0.5, 0.6) is 0 Å². The number of unbranched alkanes of at least 4 members (excludes halogenated alkanes) is 31. The summed E-state index contributed by atoms with van der Waals surface area (Å²) in [7, 11) is 1.48. The van der Waals surface area contributed by atoms with Gasteiger partial charge in [0.15, 0.2) is 0 Å². The van der Waals surface area contributed by atoms with Gasteiger partial charge >= 0.3 is 13.8 Å². The van der Waals surface area contributed by atoms with Crippen LogP contribution in [0.25, 0.3) is 0 Å². The molecule has 3 unspecified atom stereocenters. The van der Waals surface area contributed by atoms with Crippen LogP contribution in [0.1, 0.15) is 310 Å². The van der Waals surface area contributed by atoms with Gasteiger partial charge in [-0.15, -0.1) is 0 Å². The summed E-state index contributed by atoms with van der Waals surface area (Å²) in [4.78, 5) is 38.0. The van der Waals surface area contributed by atoms with Gasteiger partial charge in [0.25, 0.3) is 0 Å². The number of nitrogens with zero attached hydrogens (tertiary/aromatic N) is 1. The van der Waals surface area contributed by atoms with Gasteiger partial charge in [0.2, 0.25) is 5.91 Å². The Morgan fingerprint density at radius 1 is 0.409 bits per heavy atom. The van der Waals surface area contributed by atoms with E-state index in [1.54, 1.807) is 0 Å². The van der Waals surface area contributed by atoms with Crippen molar-refractivity contribution in [3.63, 3.8) is 0 Å². The molecule has 0 fully saturated rings. The van der Waals surface area contributed by atoms with E-state index in [-0.39, 0.29) is 31.5 Å². The van der Waals surface area contributed by atoms with Gasteiger partial charge in [0.1, 0.15) is 19.3 Å². The number of hydrogen-bond acceptors (Lipinski definition) is 6. The summed E-state index contributed by atoms with van der Waals surface area (Å²) in [6.07, 6.45) is 93.5. The molecule has 0 heterocycles. The normalized spacial score (nSPS) is 14.2. The van der Waals surface area contributed by atoms with Gasteiger partial charge in [-0.2, -0.15) is 0 Å². The maximum Gasteiger partial charge on any atom is 0.472 e. The molecule has 0 saturated carbocycles. The Morgan fingerprint density at radius 2 is 0.727 bits per heavy atom. The van der Waals surface area contributed by atoms with Crippen LogP contribution in [0, 0.1) is 0 Å². The van der Waals surface area contributed by atoms with Crippen molar-refractivity contribution in [2.45, 2.75) is 322 Å². The second-order valence-electron chi connectivity index (χ2n) is 25.4. The van der Waals surface area contributed by atoms with E-state index >= 15 is 0 Å². The molecule has 3 atom stereocenters. The summed E-state index contributed by atoms with van der Waals surface area (Å²) in [6, 6.07) is -0.864. The van der Waals surface area contributed by atoms with Crippen LogP contribution in [0.2, 0.25) is 0 Å². The molecule has 0 bridgehead atoms. The molecule has 0 aromatic rings. The lowest BCUT2D eigenvalue weighted by Gasteiger charge is -2.27. The van der Waals surface area contributed by atoms with Gasteiger partial charge in [-0.1, -0.05) is 297 Å². The molecule has 0 saturated heterocycles. The third kappa shape index (κ3) is 66.8. The van der Waals surface area contributed by atoms with E-state index in [1.165, 1.54) is 141 Å². The van der Waals surface area contributed by atoms with Crippen molar-refractivity contribution >= 4 is 19.7 Å². The first kappa shape index (κ1) is 84.4. The van der Waals surface area contributed by atoms with Crippen molar-refractivity contribution in [1.29, 1.82) is 0 Å². The van der Waals surface area contributed by atoms with Crippen LogP contribution < -0.4 is 5.32 Å². The highest BCUT2D eigenvalue weighted by molar-refractivity contribution is 7.47. The molecule has 10 heteroatoms. The molecule has 506 valence electrons. The molecule has 0 aliphatic carbocycles. The number of carbonyl (C=O) groups is 2. The molecule has 88 heavy (non-hydrogen) atoms. The van der Waals surface area contributed by atoms with Gasteiger partial charge in [-0.25, -0.2) is 4.57 Å². The number of amides is 1. The predicted molar refractivity (Wildman–Crippen MR) is 383 cm³/mol. The van der Waals surface area contributed by atoms with Crippen LogP contribution in [-0.4, -0.2) is 74.3 Å². The number of ether oxygens (including phenoxy) is 1. The first-order valence-electron chi connectivity index (χ1n) is 36.4. The van der Waals surface area contributed by atoms with Gasteiger partial charge in [-0.05, 0) is 122 Å². The average Bonchev–Trinajstić information content (AvgIpc) is 3.52. The van der Waals surface area contributed by atoms with Crippen molar-refractivity contribution in [3.8, 4) is 0 Å². The third-order valence-electron chi connectivity index (χ3n) is 15.6. The summed E-state index contributed by atoms with van der Waals surface area (Å²) >= 11 is 0. The number of phosphoric ester groups is 1. The number of rotatable bonds is 65. The molecule has 0 radical (unpaired) electrons. The number of hydrogen-bond donors (Lipinski definition) is 2. The molecular weight excluding hydrogens is 1110 g/mol.